The Hall–Kier alpha value is -2.71. The Morgan fingerprint density at radius 1 is 0.941 bits per heavy atom. The minimum Gasteiger partial charge on any atom is -0.339 e. The highest BCUT2D eigenvalue weighted by Crippen LogP contribution is 2.16. The van der Waals surface area contributed by atoms with E-state index in [0.717, 1.165) is 31.4 Å². The molecule has 0 bridgehead atoms. The Morgan fingerprint density at radius 2 is 1.59 bits per heavy atom. The molecule has 0 radical (unpaired) electrons. The molecule has 1 heterocycles. The largest absolute Gasteiger partial charge is 0.339 e. The number of nitrogens with zero attached hydrogens (tertiary/aromatic N) is 2. The summed E-state index contributed by atoms with van der Waals surface area (Å²) in [6, 6.07) is 1.62. The molecule has 2 unspecified atom stereocenters. The van der Waals surface area contributed by atoms with Crippen LogP contribution in [0.1, 0.15) is 65.7 Å². The Morgan fingerprint density at radius 3 is 2.21 bits per heavy atom. The fraction of sp³-hybridized carbons (Fsp3) is 0.640. The van der Waals surface area contributed by atoms with Crippen molar-refractivity contribution >= 4 is 23.5 Å². The topological polar surface area (TPSA) is 81.8 Å². The van der Waals surface area contributed by atoms with Gasteiger partial charge in [-0.05, 0) is 24.5 Å². The smallest absolute Gasteiger partial charge is 0.319 e. The number of nitrogens with one attached hydrogen (secondary N) is 2. The standard InChI is InChI=1S/C25H38F2N4O3/c1-4-6-7-8-9-10-22(32)30-13-15-31(16-14-30)24(33)23(18(3)5-2)29-25(34)28-19-11-12-20(26)21(27)17-19/h11-12,17-18,23H,4-10,13-16H2,1-3H3,(H2,28,29,34). The zero-order valence-corrected chi connectivity index (χ0v) is 20.5. The highest BCUT2D eigenvalue weighted by molar-refractivity contribution is 5.94. The van der Waals surface area contributed by atoms with Crippen molar-refractivity contribution in [2.75, 3.05) is 31.5 Å². The third kappa shape index (κ3) is 8.25. The second kappa shape index (κ2) is 13.9. The number of carbonyl (C=O) groups excluding carboxylic acids is 3. The second-order valence-electron chi connectivity index (χ2n) is 8.96. The molecule has 0 saturated carbocycles. The molecule has 2 N–H and O–H groups in total. The minimum absolute atomic E-state index is 0.0913. The summed E-state index contributed by atoms with van der Waals surface area (Å²) in [5.41, 5.74) is 0.0913. The monoisotopic (exact) mass is 480 g/mol. The van der Waals surface area contributed by atoms with E-state index in [0.29, 0.717) is 39.0 Å². The van der Waals surface area contributed by atoms with Gasteiger partial charge in [0, 0.05) is 44.4 Å². The minimum atomic E-state index is -1.07. The maximum absolute atomic E-state index is 13.4. The molecule has 190 valence electrons. The number of piperazine rings is 1. The van der Waals surface area contributed by atoms with E-state index < -0.39 is 23.7 Å². The maximum atomic E-state index is 13.4. The van der Waals surface area contributed by atoms with E-state index in [9.17, 15) is 23.2 Å². The van der Waals surface area contributed by atoms with Crippen LogP contribution in [0.3, 0.4) is 0 Å². The van der Waals surface area contributed by atoms with E-state index >= 15 is 0 Å². The Bertz CT molecular complexity index is 828. The lowest BCUT2D eigenvalue weighted by atomic mass is 9.97. The Kier molecular flexibility index (Phi) is 11.2. The molecule has 1 fully saturated rings. The summed E-state index contributed by atoms with van der Waals surface area (Å²) in [4.78, 5) is 41.6. The van der Waals surface area contributed by atoms with Crippen molar-refractivity contribution in [3.8, 4) is 0 Å². The van der Waals surface area contributed by atoms with Gasteiger partial charge in [-0.25, -0.2) is 13.6 Å². The van der Waals surface area contributed by atoms with Crippen molar-refractivity contribution in [2.24, 2.45) is 5.92 Å². The molecule has 0 aliphatic carbocycles. The normalized spacial score (nSPS) is 15.6. The molecule has 34 heavy (non-hydrogen) atoms. The molecule has 2 rings (SSSR count). The summed E-state index contributed by atoms with van der Waals surface area (Å²) in [5, 5.41) is 5.14. The van der Waals surface area contributed by atoms with Gasteiger partial charge in [0.25, 0.3) is 0 Å². The van der Waals surface area contributed by atoms with Gasteiger partial charge in [-0.1, -0.05) is 52.9 Å². The van der Waals surface area contributed by atoms with Gasteiger partial charge in [-0.15, -0.1) is 0 Å². The Labute approximate surface area is 201 Å². The van der Waals surface area contributed by atoms with Crippen LogP contribution in [-0.4, -0.2) is 59.9 Å². The van der Waals surface area contributed by atoms with Crippen molar-refractivity contribution in [3.63, 3.8) is 0 Å². The van der Waals surface area contributed by atoms with Crippen LogP contribution in [-0.2, 0) is 9.59 Å². The molecular formula is C25H38F2N4O3. The lowest BCUT2D eigenvalue weighted by molar-refractivity contribution is -0.141. The molecular weight excluding hydrogens is 442 g/mol. The fourth-order valence-electron chi connectivity index (χ4n) is 3.98. The van der Waals surface area contributed by atoms with Crippen molar-refractivity contribution in [3.05, 3.63) is 29.8 Å². The summed E-state index contributed by atoms with van der Waals surface area (Å²) >= 11 is 0. The molecule has 2 atom stereocenters. The van der Waals surface area contributed by atoms with Gasteiger partial charge >= 0.3 is 6.03 Å². The summed E-state index contributed by atoms with van der Waals surface area (Å²) in [6.07, 6.45) is 6.68. The van der Waals surface area contributed by atoms with Crippen LogP contribution in [0.4, 0.5) is 19.3 Å². The van der Waals surface area contributed by atoms with E-state index in [1.54, 1.807) is 4.90 Å². The predicted octanol–water partition coefficient (Wildman–Crippen LogP) is 4.53. The van der Waals surface area contributed by atoms with Crippen LogP contribution < -0.4 is 10.6 Å². The number of carbonyl (C=O) groups is 3. The number of unbranched alkanes of at least 4 members (excludes halogenated alkanes) is 4. The number of hydrogen-bond acceptors (Lipinski definition) is 3. The van der Waals surface area contributed by atoms with Gasteiger partial charge in [0.2, 0.25) is 11.8 Å². The molecule has 0 spiro atoms. The first kappa shape index (κ1) is 27.5. The zero-order chi connectivity index (χ0) is 25.1. The molecule has 1 aliphatic rings. The Balaban J connectivity index is 1.88. The van der Waals surface area contributed by atoms with Gasteiger partial charge in [-0.3, -0.25) is 9.59 Å². The van der Waals surface area contributed by atoms with E-state index in [4.69, 9.17) is 0 Å². The van der Waals surface area contributed by atoms with Crippen molar-refractivity contribution in [1.29, 1.82) is 0 Å². The van der Waals surface area contributed by atoms with E-state index in [2.05, 4.69) is 17.6 Å². The number of urea groups is 1. The number of hydrogen-bond donors (Lipinski definition) is 2. The lowest BCUT2D eigenvalue weighted by Crippen LogP contribution is -2.57. The number of rotatable bonds is 11. The number of benzene rings is 1. The molecule has 1 aromatic carbocycles. The maximum Gasteiger partial charge on any atom is 0.319 e. The average Bonchev–Trinajstić information content (AvgIpc) is 2.83. The first-order chi connectivity index (χ1) is 16.3. The second-order valence-corrected chi connectivity index (χ2v) is 8.96. The quantitative estimate of drug-likeness (QED) is 0.457. The molecule has 1 aliphatic heterocycles. The fourth-order valence-corrected chi connectivity index (χ4v) is 3.98. The third-order valence-electron chi connectivity index (χ3n) is 6.38. The summed E-state index contributed by atoms with van der Waals surface area (Å²) in [7, 11) is 0. The van der Waals surface area contributed by atoms with Gasteiger partial charge in [0.1, 0.15) is 6.04 Å². The van der Waals surface area contributed by atoms with Crippen molar-refractivity contribution in [2.45, 2.75) is 71.8 Å². The van der Waals surface area contributed by atoms with Gasteiger partial charge in [-0.2, -0.15) is 0 Å². The van der Waals surface area contributed by atoms with Gasteiger partial charge in [0.05, 0.1) is 0 Å². The van der Waals surface area contributed by atoms with Crippen LogP contribution >= 0.6 is 0 Å². The molecule has 7 nitrogen and oxygen atoms in total. The summed E-state index contributed by atoms with van der Waals surface area (Å²) < 4.78 is 26.5. The molecule has 1 aromatic rings. The first-order valence-corrected chi connectivity index (χ1v) is 12.4. The average molecular weight is 481 g/mol. The van der Waals surface area contributed by atoms with Gasteiger partial charge in [0.15, 0.2) is 11.6 Å². The van der Waals surface area contributed by atoms with E-state index in [1.165, 1.54) is 18.9 Å². The summed E-state index contributed by atoms with van der Waals surface area (Å²) in [5.74, 6) is -2.29. The van der Waals surface area contributed by atoms with Crippen LogP contribution in [0.25, 0.3) is 0 Å². The third-order valence-corrected chi connectivity index (χ3v) is 6.38. The first-order valence-electron chi connectivity index (χ1n) is 12.4. The zero-order valence-electron chi connectivity index (χ0n) is 20.5. The van der Waals surface area contributed by atoms with Crippen molar-refractivity contribution in [1.82, 2.24) is 15.1 Å². The lowest BCUT2D eigenvalue weighted by Gasteiger charge is -2.37. The molecule has 4 amide bonds. The highest BCUT2D eigenvalue weighted by atomic mass is 19.2. The predicted molar refractivity (Wildman–Crippen MR) is 128 cm³/mol. The molecule has 0 aromatic heterocycles. The van der Waals surface area contributed by atoms with Crippen molar-refractivity contribution < 1.29 is 23.2 Å². The van der Waals surface area contributed by atoms with Crippen LogP contribution in [0.2, 0.25) is 0 Å². The van der Waals surface area contributed by atoms with Crippen LogP contribution in [0.15, 0.2) is 18.2 Å². The summed E-state index contributed by atoms with van der Waals surface area (Å²) in [6.45, 7) is 7.75. The number of halogens is 2. The van der Waals surface area contributed by atoms with E-state index in [1.807, 2.05) is 18.7 Å². The molecule has 9 heteroatoms. The number of anilines is 1. The number of amides is 4. The highest BCUT2D eigenvalue weighted by Gasteiger charge is 2.32. The van der Waals surface area contributed by atoms with Crippen LogP contribution in [0.5, 0.6) is 0 Å². The SMILES string of the molecule is CCCCCCCC(=O)N1CCN(C(=O)C(NC(=O)Nc2ccc(F)c(F)c2)C(C)CC)CC1. The van der Waals surface area contributed by atoms with Crippen LogP contribution in [0, 0.1) is 17.6 Å². The van der Waals surface area contributed by atoms with Gasteiger partial charge < -0.3 is 20.4 Å². The van der Waals surface area contributed by atoms with E-state index in [-0.39, 0.29) is 23.4 Å². The molecule has 1 saturated heterocycles.